The summed E-state index contributed by atoms with van der Waals surface area (Å²) in [6.07, 6.45) is 3.42. The molecule has 3 saturated heterocycles. The van der Waals surface area contributed by atoms with Crippen LogP contribution < -0.4 is 14.9 Å². The number of rotatable bonds is 4. The van der Waals surface area contributed by atoms with Crippen LogP contribution in [0.2, 0.25) is 0 Å². The molecule has 0 aliphatic carbocycles. The molecule has 13 heteroatoms. The molecule has 0 unspecified atom stereocenters. The van der Waals surface area contributed by atoms with Crippen LogP contribution in [0.4, 0.5) is 0 Å². The summed E-state index contributed by atoms with van der Waals surface area (Å²) in [6.45, 7) is 26.3. The van der Waals surface area contributed by atoms with Crippen molar-refractivity contribution in [2.75, 3.05) is 14.2 Å². The van der Waals surface area contributed by atoms with Gasteiger partial charge in [0.15, 0.2) is 0 Å². The van der Waals surface area contributed by atoms with Gasteiger partial charge in [0.2, 0.25) is 11.8 Å². The molecule has 242 valence electrons. The van der Waals surface area contributed by atoms with Gasteiger partial charge in [0.25, 0.3) is 0 Å². The van der Waals surface area contributed by atoms with Gasteiger partial charge in [-0.15, -0.1) is 0 Å². The lowest BCUT2D eigenvalue weighted by molar-refractivity contribution is 0.00578. The van der Waals surface area contributed by atoms with Crippen LogP contribution in [0.1, 0.15) is 88.6 Å². The van der Waals surface area contributed by atoms with Crippen LogP contribution in [-0.2, 0) is 27.9 Å². The number of nitrogens with zero attached hydrogens (tertiary/aromatic N) is 2. The van der Waals surface area contributed by atoms with Crippen LogP contribution >= 0.6 is 0 Å². The third-order valence-electron chi connectivity index (χ3n) is 9.36. The lowest BCUT2D eigenvalue weighted by Gasteiger charge is -2.32. The summed E-state index contributed by atoms with van der Waals surface area (Å²) in [5.41, 5.74) is 0.00488. The third-order valence-corrected chi connectivity index (χ3v) is 9.36. The average Bonchev–Trinajstić information content (AvgIpc) is 3.38. The Labute approximate surface area is 265 Å². The molecule has 0 atom stereocenters. The van der Waals surface area contributed by atoms with E-state index >= 15 is 0 Å². The molecule has 3 aliphatic heterocycles. The zero-order chi connectivity index (χ0) is 33.4. The first kappa shape index (κ1) is 36.3. The largest absolute Gasteiger partial charge is 0.495 e. The Kier molecular flexibility index (Phi) is 10.7. The lowest BCUT2D eigenvalue weighted by atomic mass is 9.49. The Morgan fingerprint density at radius 1 is 0.523 bits per heavy atom. The van der Waals surface area contributed by atoms with Gasteiger partial charge in [0.05, 0.1) is 47.8 Å². The van der Waals surface area contributed by atoms with Crippen LogP contribution in [-0.4, -0.2) is 78.9 Å². The van der Waals surface area contributed by atoms with Crippen molar-refractivity contribution < 1.29 is 37.4 Å². The number of pyridine rings is 2. The average molecular weight is 612 g/mol. The summed E-state index contributed by atoms with van der Waals surface area (Å²) in [6, 6.07) is 7.54. The summed E-state index contributed by atoms with van der Waals surface area (Å²) in [7, 11) is 1.89. The quantitative estimate of drug-likeness (QED) is 0.437. The molecule has 10 nitrogen and oxygen atoms in total. The molecule has 0 spiro atoms. The van der Waals surface area contributed by atoms with Crippen LogP contribution in [0.3, 0.4) is 0 Å². The number of hydrogen-bond acceptors (Lipinski definition) is 10. The minimum Gasteiger partial charge on any atom is -0.481 e. The fourth-order valence-corrected chi connectivity index (χ4v) is 4.28. The number of aromatic nitrogens is 2. The number of methoxy groups -OCH3 is 2. The maximum Gasteiger partial charge on any atom is 0.495 e. The molecule has 0 saturated carbocycles. The summed E-state index contributed by atoms with van der Waals surface area (Å²) in [4.78, 5) is 8.00. The summed E-state index contributed by atoms with van der Waals surface area (Å²) in [5.74, 6) is 1.24. The maximum absolute atomic E-state index is 5.96. The minimum absolute atomic E-state index is 0.325. The summed E-state index contributed by atoms with van der Waals surface area (Å²) < 4.78 is 45.7. The SMILES string of the molecule is CC1(C)OB(B2OC(C)(C)C(C)(C)O2)OC1(C)C.COc1cc(B2OC(C)(C)C(C)(C)O2)ccn1.COc1cc(C)ccn1. The highest BCUT2D eigenvalue weighted by Crippen LogP contribution is 2.43. The predicted molar refractivity (Wildman–Crippen MR) is 174 cm³/mol. The molecule has 2 aromatic heterocycles. The Morgan fingerprint density at radius 3 is 1.20 bits per heavy atom. The van der Waals surface area contributed by atoms with Gasteiger partial charge in [-0.1, -0.05) is 0 Å². The molecule has 0 bridgehead atoms. The van der Waals surface area contributed by atoms with Crippen LogP contribution in [0.15, 0.2) is 36.7 Å². The van der Waals surface area contributed by atoms with Gasteiger partial charge < -0.3 is 37.4 Å². The first-order chi connectivity index (χ1) is 20.1. The Morgan fingerprint density at radius 2 is 0.864 bits per heavy atom. The summed E-state index contributed by atoms with van der Waals surface area (Å²) in [5, 5.41) is 0. The zero-order valence-corrected chi connectivity index (χ0v) is 29.4. The van der Waals surface area contributed by atoms with E-state index in [-0.39, 0.29) is 40.7 Å². The standard InChI is InChI=1S/C12H24B2O4.C12H18BNO3.C7H9NO/c1-9(2)10(3,4)16-13(15-9)14-17-11(5,6)12(7,8)18-14;1-11(2)12(3,4)17-13(16-11)9-6-7-14-10(8-9)15-5;1-6-3-4-8-7(5-6)9-2/h1-8H3;6-8H,1-5H3;3-5H,1-2H3. The van der Waals surface area contributed by atoms with Crippen molar-refractivity contribution in [3.05, 3.63) is 42.2 Å². The molecule has 0 radical (unpaired) electrons. The summed E-state index contributed by atoms with van der Waals surface area (Å²) >= 11 is 0. The van der Waals surface area contributed by atoms with Crippen molar-refractivity contribution in [3.63, 3.8) is 0 Å². The Balaban J connectivity index is 0.000000190. The van der Waals surface area contributed by atoms with Crippen molar-refractivity contribution >= 4 is 26.6 Å². The molecule has 5 heterocycles. The molecule has 3 fully saturated rings. The molecule has 0 amide bonds. The zero-order valence-electron chi connectivity index (χ0n) is 29.4. The molecule has 44 heavy (non-hydrogen) atoms. The third kappa shape index (κ3) is 7.98. The highest BCUT2D eigenvalue weighted by atomic mass is 16.7. The van der Waals surface area contributed by atoms with E-state index in [1.165, 1.54) is 5.56 Å². The minimum atomic E-state index is -0.476. The van der Waals surface area contributed by atoms with Gasteiger partial charge >= 0.3 is 21.1 Å². The number of aryl methyl sites for hydroxylation is 1. The topological polar surface area (TPSA) is 99.6 Å². The van der Waals surface area contributed by atoms with Gasteiger partial charge in [0.1, 0.15) is 0 Å². The Bertz CT molecular complexity index is 1190. The van der Waals surface area contributed by atoms with Crippen molar-refractivity contribution in [1.82, 2.24) is 9.97 Å². The predicted octanol–water partition coefficient (Wildman–Crippen LogP) is 5.04. The smallest absolute Gasteiger partial charge is 0.481 e. The van der Waals surface area contributed by atoms with Gasteiger partial charge in [-0.2, -0.15) is 0 Å². The van der Waals surface area contributed by atoms with Crippen LogP contribution in [0.5, 0.6) is 11.8 Å². The maximum atomic E-state index is 5.96. The highest BCUT2D eigenvalue weighted by Gasteiger charge is 2.63. The van der Waals surface area contributed by atoms with E-state index in [2.05, 4.69) is 9.97 Å². The van der Waals surface area contributed by atoms with Crippen LogP contribution in [0, 0.1) is 6.92 Å². The molecule has 3 aliphatic rings. The van der Waals surface area contributed by atoms with E-state index < -0.39 is 14.0 Å². The normalized spacial score (nSPS) is 23.3. The van der Waals surface area contributed by atoms with Crippen molar-refractivity contribution in [2.24, 2.45) is 0 Å². The van der Waals surface area contributed by atoms with Gasteiger partial charge in [-0.25, -0.2) is 9.97 Å². The van der Waals surface area contributed by atoms with Gasteiger partial charge in [-0.3, -0.25) is 0 Å². The first-order valence-electron chi connectivity index (χ1n) is 15.1. The number of hydrogen-bond donors (Lipinski definition) is 0. The van der Waals surface area contributed by atoms with E-state index in [0.29, 0.717) is 11.8 Å². The number of ether oxygens (including phenoxy) is 2. The lowest BCUT2D eigenvalue weighted by Crippen LogP contribution is -2.41. The molecule has 2 aromatic rings. The van der Waals surface area contributed by atoms with E-state index in [9.17, 15) is 0 Å². The first-order valence-corrected chi connectivity index (χ1v) is 15.1. The second-order valence-electron chi connectivity index (χ2n) is 14.3. The fourth-order valence-electron chi connectivity index (χ4n) is 4.28. The molecule has 0 aromatic carbocycles. The molecular weight excluding hydrogens is 561 g/mol. The fraction of sp³-hybridized carbons (Fsp3) is 0.677. The van der Waals surface area contributed by atoms with E-state index in [0.717, 1.165) is 5.46 Å². The van der Waals surface area contributed by atoms with E-state index in [1.807, 2.05) is 114 Å². The van der Waals surface area contributed by atoms with Crippen molar-refractivity contribution in [3.8, 4) is 11.8 Å². The second kappa shape index (κ2) is 12.9. The van der Waals surface area contributed by atoms with Gasteiger partial charge in [0, 0.05) is 24.5 Å². The highest BCUT2D eigenvalue weighted by molar-refractivity contribution is 7.11. The van der Waals surface area contributed by atoms with Crippen molar-refractivity contribution in [1.29, 1.82) is 0 Å². The van der Waals surface area contributed by atoms with E-state index in [4.69, 9.17) is 37.4 Å². The van der Waals surface area contributed by atoms with Gasteiger partial charge in [-0.05, 0) is 113 Å². The molecule has 0 N–H and O–H groups in total. The second-order valence-corrected chi connectivity index (χ2v) is 14.3. The van der Waals surface area contributed by atoms with Crippen molar-refractivity contribution in [2.45, 2.75) is 124 Å². The van der Waals surface area contributed by atoms with Crippen LogP contribution in [0.25, 0.3) is 0 Å². The van der Waals surface area contributed by atoms with E-state index in [1.54, 1.807) is 26.6 Å². The molecular formula is C31H51B3N2O8. The Hall–Kier alpha value is -2.15. The molecule has 5 rings (SSSR count). The monoisotopic (exact) mass is 612 g/mol.